The van der Waals surface area contributed by atoms with Crippen LogP contribution in [-0.2, 0) is 4.79 Å². The van der Waals surface area contributed by atoms with Crippen LogP contribution in [0.1, 0.15) is 26.7 Å². The third-order valence-electron chi connectivity index (χ3n) is 3.81. The van der Waals surface area contributed by atoms with E-state index in [1.54, 1.807) is 0 Å². The largest absolute Gasteiger partial charge is 0.396 e. The second-order valence-electron chi connectivity index (χ2n) is 5.89. The molecule has 0 aromatic rings. The highest BCUT2D eigenvalue weighted by Gasteiger charge is 2.36. The third kappa shape index (κ3) is 2.99. The van der Waals surface area contributed by atoms with Crippen molar-refractivity contribution in [2.45, 2.75) is 32.7 Å². The van der Waals surface area contributed by atoms with Crippen LogP contribution in [0.3, 0.4) is 0 Å². The normalized spacial score (nSPS) is 30.8. The fourth-order valence-electron chi connectivity index (χ4n) is 3.03. The monoisotopic (exact) mass is 240 g/mol. The third-order valence-corrected chi connectivity index (χ3v) is 3.81. The molecule has 4 heteroatoms. The van der Waals surface area contributed by atoms with Crippen LogP contribution in [0.5, 0.6) is 0 Å². The molecule has 2 saturated heterocycles. The first-order chi connectivity index (χ1) is 8.10. The Balaban J connectivity index is 1.86. The highest BCUT2D eigenvalue weighted by atomic mass is 16.3. The van der Waals surface area contributed by atoms with Gasteiger partial charge in [0.05, 0.1) is 0 Å². The number of carbonyl (C=O) groups is 1. The van der Waals surface area contributed by atoms with Crippen LogP contribution in [-0.4, -0.2) is 59.6 Å². The van der Waals surface area contributed by atoms with Gasteiger partial charge in [0, 0.05) is 51.2 Å². The lowest BCUT2D eigenvalue weighted by Gasteiger charge is -2.25. The predicted molar refractivity (Wildman–Crippen MR) is 66.6 cm³/mol. The standard InChI is InChI=1S/C13H24N2O2/c1-10(2)6-14-4-3-12(8-14)15-7-11(9-16)5-13(15)17/h10-12,16H,3-9H2,1-2H3. The predicted octanol–water partition coefficient (Wildman–Crippen LogP) is 0.557. The van der Waals surface area contributed by atoms with E-state index in [0.717, 1.165) is 32.6 Å². The zero-order chi connectivity index (χ0) is 12.4. The van der Waals surface area contributed by atoms with Gasteiger partial charge in [0.1, 0.15) is 0 Å². The van der Waals surface area contributed by atoms with Crippen molar-refractivity contribution in [1.29, 1.82) is 0 Å². The zero-order valence-corrected chi connectivity index (χ0v) is 10.9. The molecule has 1 amide bonds. The average Bonchev–Trinajstić information content (AvgIpc) is 2.83. The molecule has 0 radical (unpaired) electrons. The van der Waals surface area contributed by atoms with Crippen molar-refractivity contribution in [3.05, 3.63) is 0 Å². The number of nitrogens with zero attached hydrogens (tertiary/aromatic N) is 2. The number of hydrogen-bond donors (Lipinski definition) is 1. The maximum Gasteiger partial charge on any atom is 0.223 e. The van der Waals surface area contributed by atoms with Gasteiger partial charge in [-0.15, -0.1) is 0 Å². The van der Waals surface area contributed by atoms with E-state index in [2.05, 4.69) is 18.7 Å². The van der Waals surface area contributed by atoms with E-state index in [4.69, 9.17) is 5.11 Å². The van der Waals surface area contributed by atoms with Gasteiger partial charge in [-0.25, -0.2) is 0 Å². The molecular formula is C13H24N2O2. The van der Waals surface area contributed by atoms with Crippen LogP contribution >= 0.6 is 0 Å². The van der Waals surface area contributed by atoms with E-state index in [-0.39, 0.29) is 18.4 Å². The maximum atomic E-state index is 11.9. The second-order valence-corrected chi connectivity index (χ2v) is 5.89. The number of hydrogen-bond acceptors (Lipinski definition) is 3. The number of rotatable bonds is 4. The lowest BCUT2D eigenvalue weighted by molar-refractivity contribution is -0.129. The van der Waals surface area contributed by atoms with Crippen molar-refractivity contribution >= 4 is 5.91 Å². The first kappa shape index (κ1) is 12.8. The Bertz CT molecular complexity index is 281. The number of carbonyl (C=O) groups excluding carboxylic acids is 1. The van der Waals surface area contributed by atoms with Crippen molar-refractivity contribution in [3.8, 4) is 0 Å². The van der Waals surface area contributed by atoms with E-state index in [0.29, 0.717) is 18.4 Å². The van der Waals surface area contributed by atoms with Crippen LogP contribution in [0.2, 0.25) is 0 Å². The van der Waals surface area contributed by atoms with E-state index >= 15 is 0 Å². The molecular weight excluding hydrogens is 216 g/mol. The molecule has 0 aliphatic carbocycles. The van der Waals surface area contributed by atoms with Gasteiger partial charge in [0.2, 0.25) is 5.91 Å². The lowest BCUT2D eigenvalue weighted by Crippen LogP contribution is -2.39. The fraction of sp³-hybridized carbons (Fsp3) is 0.923. The summed E-state index contributed by atoms with van der Waals surface area (Å²) >= 11 is 0. The Kier molecular flexibility index (Phi) is 4.05. The summed E-state index contributed by atoms with van der Waals surface area (Å²) in [6.45, 7) is 8.62. The molecule has 2 atom stereocenters. The molecule has 2 unspecified atom stereocenters. The highest BCUT2D eigenvalue weighted by molar-refractivity contribution is 5.79. The molecule has 1 N–H and O–H groups in total. The Morgan fingerprint density at radius 3 is 2.76 bits per heavy atom. The summed E-state index contributed by atoms with van der Waals surface area (Å²) in [5.74, 6) is 1.09. The van der Waals surface area contributed by atoms with Gasteiger partial charge in [-0.1, -0.05) is 13.8 Å². The van der Waals surface area contributed by atoms with Gasteiger partial charge in [-0.2, -0.15) is 0 Å². The van der Waals surface area contributed by atoms with Gasteiger partial charge >= 0.3 is 0 Å². The van der Waals surface area contributed by atoms with Crippen LogP contribution in [0.15, 0.2) is 0 Å². The summed E-state index contributed by atoms with van der Waals surface area (Å²) in [6, 6.07) is 0.387. The number of likely N-dealkylation sites (tertiary alicyclic amines) is 2. The molecule has 0 saturated carbocycles. The summed E-state index contributed by atoms with van der Waals surface area (Å²) in [7, 11) is 0. The molecule has 0 spiro atoms. The first-order valence-electron chi connectivity index (χ1n) is 6.72. The van der Waals surface area contributed by atoms with Crippen LogP contribution in [0.4, 0.5) is 0 Å². The lowest BCUT2D eigenvalue weighted by atomic mass is 10.1. The molecule has 2 aliphatic rings. The molecule has 2 heterocycles. The van der Waals surface area contributed by atoms with Gasteiger partial charge < -0.3 is 14.9 Å². The van der Waals surface area contributed by atoms with Gasteiger partial charge in [0.25, 0.3) is 0 Å². The molecule has 2 fully saturated rings. The molecule has 2 rings (SSSR count). The SMILES string of the molecule is CC(C)CN1CCC(N2CC(CO)CC2=O)C1. The Morgan fingerprint density at radius 1 is 1.41 bits per heavy atom. The minimum Gasteiger partial charge on any atom is -0.396 e. The topological polar surface area (TPSA) is 43.8 Å². The Labute approximate surface area is 104 Å². The van der Waals surface area contributed by atoms with Crippen molar-refractivity contribution in [3.63, 3.8) is 0 Å². The van der Waals surface area contributed by atoms with Crippen LogP contribution < -0.4 is 0 Å². The van der Waals surface area contributed by atoms with Crippen molar-refractivity contribution in [2.75, 3.05) is 32.8 Å². The number of aliphatic hydroxyl groups excluding tert-OH is 1. The molecule has 98 valence electrons. The quantitative estimate of drug-likeness (QED) is 0.781. The zero-order valence-electron chi connectivity index (χ0n) is 10.9. The van der Waals surface area contributed by atoms with Gasteiger partial charge in [-0.05, 0) is 12.3 Å². The summed E-state index contributed by atoms with van der Waals surface area (Å²) in [5.41, 5.74) is 0. The van der Waals surface area contributed by atoms with Gasteiger partial charge in [0.15, 0.2) is 0 Å². The molecule has 4 nitrogen and oxygen atoms in total. The van der Waals surface area contributed by atoms with Crippen molar-refractivity contribution in [1.82, 2.24) is 9.80 Å². The minimum atomic E-state index is 0.144. The van der Waals surface area contributed by atoms with E-state index < -0.39 is 0 Å². The van der Waals surface area contributed by atoms with E-state index in [9.17, 15) is 4.79 Å². The Morgan fingerprint density at radius 2 is 2.18 bits per heavy atom. The van der Waals surface area contributed by atoms with Crippen molar-refractivity contribution in [2.24, 2.45) is 11.8 Å². The summed E-state index contributed by atoms with van der Waals surface area (Å²) in [5, 5.41) is 9.13. The van der Waals surface area contributed by atoms with Crippen LogP contribution in [0.25, 0.3) is 0 Å². The molecule has 0 aromatic heterocycles. The Hall–Kier alpha value is -0.610. The smallest absolute Gasteiger partial charge is 0.223 e. The van der Waals surface area contributed by atoms with Gasteiger partial charge in [-0.3, -0.25) is 4.79 Å². The summed E-state index contributed by atoms with van der Waals surface area (Å²) < 4.78 is 0. The average molecular weight is 240 g/mol. The number of aliphatic hydroxyl groups is 1. The first-order valence-corrected chi connectivity index (χ1v) is 6.72. The number of amides is 1. The summed E-state index contributed by atoms with van der Waals surface area (Å²) in [4.78, 5) is 16.3. The molecule has 0 aromatic carbocycles. The highest BCUT2D eigenvalue weighted by Crippen LogP contribution is 2.25. The molecule has 17 heavy (non-hydrogen) atoms. The van der Waals surface area contributed by atoms with E-state index in [1.165, 1.54) is 0 Å². The molecule has 2 aliphatic heterocycles. The summed E-state index contributed by atoms with van der Waals surface area (Å²) in [6.07, 6.45) is 1.63. The fourth-order valence-corrected chi connectivity index (χ4v) is 3.03. The van der Waals surface area contributed by atoms with Crippen molar-refractivity contribution < 1.29 is 9.90 Å². The maximum absolute atomic E-state index is 11.9. The van der Waals surface area contributed by atoms with Crippen LogP contribution in [0, 0.1) is 11.8 Å². The molecule has 0 bridgehead atoms. The minimum absolute atomic E-state index is 0.144. The second kappa shape index (κ2) is 5.36. The van der Waals surface area contributed by atoms with E-state index in [1.807, 2.05) is 4.90 Å².